The molecular weight excluding hydrogens is 294 g/mol. The fourth-order valence-electron chi connectivity index (χ4n) is 1.16. The van der Waals surface area contributed by atoms with Crippen LogP contribution >= 0.6 is 11.3 Å². The molecule has 0 aliphatic carbocycles. The van der Waals surface area contributed by atoms with E-state index in [1.165, 1.54) is 14.0 Å². The Morgan fingerprint density at radius 3 is 2.68 bits per heavy atom. The first-order valence-electron chi connectivity index (χ1n) is 5.21. The number of carbonyl (C=O) groups is 1. The molecule has 0 spiro atoms. The average Bonchev–Trinajstić information content (AvgIpc) is 2.65. The summed E-state index contributed by atoms with van der Waals surface area (Å²) in [6, 6.07) is 0. The summed E-state index contributed by atoms with van der Waals surface area (Å²) in [6.45, 7) is 2.02. The lowest BCUT2D eigenvalue weighted by molar-refractivity contribution is -0.121. The van der Waals surface area contributed by atoms with Crippen LogP contribution in [0.15, 0.2) is 4.21 Å². The number of ether oxygens (including phenoxy) is 2. The number of aromatic nitrogens is 1. The molecule has 19 heavy (non-hydrogen) atoms. The smallest absolute Gasteiger partial charge is 0.252 e. The second-order valence-corrected chi connectivity index (χ2v) is 6.29. The van der Waals surface area contributed by atoms with E-state index in [0.29, 0.717) is 13.2 Å². The standard InChI is InChI=1S/C9H15N3O5S2/c1-6-8(19(10,14)15)18-9(11-6)12-7(13)5-17-4-3-16-2/h3-5H2,1-2H3,(H2,10,14,15)(H,11,12,13). The number of aryl methyl sites for hydroxylation is 1. The van der Waals surface area contributed by atoms with Crippen LogP contribution in [0.3, 0.4) is 0 Å². The molecule has 0 radical (unpaired) electrons. The van der Waals surface area contributed by atoms with Crippen LogP contribution < -0.4 is 10.5 Å². The minimum Gasteiger partial charge on any atom is -0.382 e. The van der Waals surface area contributed by atoms with Crippen LogP contribution in [0.5, 0.6) is 0 Å². The van der Waals surface area contributed by atoms with Crippen molar-refractivity contribution in [2.45, 2.75) is 11.1 Å². The molecule has 1 aromatic heterocycles. The summed E-state index contributed by atoms with van der Waals surface area (Å²) >= 11 is 0.802. The predicted octanol–water partition coefficient (Wildman–Crippen LogP) is -0.300. The van der Waals surface area contributed by atoms with Crippen LogP contribution in [-0.4, -0.2) is 46.2 Å². The number of nitrogens with two attached hydrogens (primary N) is 1. The van der Waals surface area contributed by atoms with Crippen molar-refractivity contribution < 1.29 is 22.7 Å². The first kappa shape index (κ1) is 16.0. The van der Waals surface area contributed by atoms with Crippen LogP contribution in [0.25, 0.3) is 0 Å². The van der Waals surface area contributed by atoms with Crippen molar-refractivity contribution in [1.82, 2.24) is 4.98 Å². The fraction of sp³-hybridized carbons (Fsp3) is 0.556. The van der Waals surface area contributed by atoms with Crippen molar-refractivity contribution in [1.29, 1.82) is 0 Å². The number of amides is 1. The van der Waals surface area contributed by atoms with Crippen molar-refractivity contribution in [2.24, 2.45) is 5.14 Å². The van der Waals surface area contributed by atoms with E-state index in [1.807, 2.05) is 0 Å². The number of hydrogen-bond acceptors (Lipinski definition) is 7. The minimum absolute atomic E-state index is 0.0666. The second-order valence-electron chi connectivity index (χ2n) is 3.53. The first-order valence-corrected chi connectivity index (χ1v) is 7.57. The Kier molecular flexibility index (Phi) is 5.82. The monoisotopic (exact) mass is 309 g/mol. The molecule has 10 heteroatoms. The van der Waals surface area contributed by atoms with Gasteiger partial charge >= 0.3 is 0 Å². The Morgan fingerprint density at radius 2 is 2.16 bits per heavy atom. The molecule has 0 atom stereocenters. The van der Waals surface area contributed by atoms with Crippen molar-refractivity contribution in [3.63, 3.8) is 0 Å². The second kappa shape index (κ2) is 6.91. The molecule has 0 aliphatic rings. The van der Waals surface area contributed by atoms with Gasteiger partial charge in [-0.1, -0.05) is 11.3 Å². The summed E-state index contributed by atoms with van der Waals surface area (Å²) in [5.74, 6) is -0.425. The molecule has 108 valence electrons. The zero-order chi connectivity index (χ0) is 14.5. The summed E-state index contributed by atoms with van der Waals surface area (Å²) < 4.78 is 32.1. The SMILES string of the molecule is COCCOCC(=O)Nc1nc(C)c(S(N)(=O)=O)s1. The molecule has 0 fully saturated rings. The van der Waals surface area contributed by atoms with Crippen LogP contribution in [0.1, 0.15) is 5.69 Å². The highest BCUT2D eigenvalue weighted by Crippen LogP contribution is 2.25. The molecule has 0 aliphatic heterocycles. The van der Waals surface area contributed by atoms with Gasteiger partial charge in [0.15, 0.2) is 9.34 Å². The Morgan fingerprint density at radius 1 is 1.47 bits per heavy atom. The van der Waals surface area contributed by atoms with E-state index >= 15 is 0 Å². The van der Waals surface area contributed by atoms with Gasteiger partial charge in [-0.05, 0) is 6.92 Å². The molecule has 0 saturated heterocycles. The Bertz CT molecular complexity index is 540. The Hall–Kier alpha value is -1.07. The molecule has 3 N–H and O–H groups in total. The highest BCUT2D eigenvalue weighted by molar-refractivity contribution is 7.91. The highest BCUT2D eigenvalue weighted by Gasteiger charge is 2.18. The third-order valence-electron chi connectivity index (χ3n) is 1.92. The number of nitrogens with zero attached hydrogens (tertiary/aromatic N) is 1. The van der Waals surface area contributed by atoms with Gasteiger partial charge in [-0.15, -0.1) is 0 Å². The Balaban J connectivity index is 2.56. The maximum Gasteiger partial charge on any atom is 0.252 e. The van der Waals surface area contributed by atoms with Gasteiger partial charge < -0.3 is 9.47 Å². The van der Waals surface area contributed by atoms with Gasteiger partial charge in [0, 0.05) is 7.11 Å². The number of nitrogens with one attached hydrogen (secondary N) is 1. The molecule has 1 heterocycles. The molecule has 1 rings (SSSR count). The van der Waals surface area contributed by atoms with E-state index in [9.17, 15) is 13.2 Å². The summed E-state index contributed by atoms with van der Waals surface area (Å²) in [5.41, 5.74) is 0.253. The number of hydrogen-bond donors (Lipinski definition) is 2. The quantitative estimate of drug-likeness (QED) is 0.667. The normalized spacial score (nSPS) is 11.5. The third kappa shape index (κ3) is 5.20. The van der Waals surface area contributed by atoms with E-state index in [4.69, 9.17) is 14.6 Å². The minimum atomic E-state index is -3.82. The number of rotatable bonds is 7. The van der Waals surface area contributed by atoms with Gasteiger partial charge in [0.1, 0.15) is 6.61 Å². The first-order chi connectivity index (χ1) is 8.84. The van der Waals surface area contributed by atoms with Gasteiger partial charge in [0.05, 0.1) is 18.9 Å². The lowest BCUT2D eigenvalue weighted by atomic mass is 10.6. The largest absolute Gasteiger partial charge is 0.382 e. The van der Waals surface area contributed by atoms with Crippen LogP contribution in [-0.2, 0) is 24.3 Å². The number of anilines is 1. The molecule has 0 saturated carbocycles. The van der Waals surface area contributed by atoms with Crippen LogP contribution in [0, 0.1) is 6.92 Å². The summed E-state index contributed by atoms with van der Waals surface area (Å²) in [7, 11) is -2.29. The van der Waals surface area contributed by atoms with E-state index < -0.39 is 15.9 Å². The van der Waals surface area contributed by atoms with Crippen molar-refractivity contribution in [2.75, 3.05) is 32.2 Å². The lowest BCUT2D eigenvalue weighted by Crippen LogP contribution is -2.19. The molecule has 0 unspecified atom stereocenters. The Labute approximate surface area is 115 Å². The third-order valence-corrected chi connectivity index (χ3v) is 4.55. The van der Waals surface area contributed by atoms with E-state index in [2.05, 4.69) is 10.3 Å². The van der Waals surface area contributed by atoms with Crippen molar-refractivity contribution >= 4 is 32.4 Å². The van der Waals surface area contributed by atoms with E-state index in [-0.39, 0.29) is 21.6 Å². The number of sulfonamides is 1. The lowest BCUT2D eigenvalue weighted by Gasteiger charge is -2.02. The van der Waals surface area contributed by atoms with E-state index in [0.717, 1.165) is 11.3 Å². The zero-order valence-electron chi connectivity index (χ0n) is 10.5. The molecule has 0 aromatic carbocycles. The molecule has 1 aromatic rings. The zero-order valence-corrected chi connectivity index (χ0v) is 12.1. The van der Waals surface area contributed by atoms with E-state index in [1.54, 1.807) is 0 Å². The summed E-state index contributed by atoms with van der Waals surface area (Å²) in [4.78, 5) is 15.4. The number of thiazole rings is 1. The summed E-state index contributed by atoms with van der Waals surface area (Å²) in [5, 5.41) is 7.61. The predicted molar refractivity (Wildman–Crippen MR) is 69.5 cm³/mol. The molecule has 0 bridgehead atoms. The highest BCUT2D eigenvalue weighted by atomic mass is 32.2. The van der Waals surface area contributed by atoms with Crippen molar-refractivity contribution in [3.8, 4) is 0 Å². The average molecular weight is 309 g/mol. The van der Waals surface area contributed by atoms with Gasteiger partial charge in [-0.25, -0.2) is 18.5 Å². The number of primary sulfonamides is 1. The maximum absolute atomic E-state index is 11.5. The van der Waals surface area contributed by atoms with Gasteiger partial charge in [-0.2, -0.15) is 0 Å². The van der Waals surface area contributed by atoms with Crippen LogP contribution in [0.2, 0.25) is 0 Å². The topological polar surface area (TPSA) is 121 Å². The number of methoxy groups -OCH3 is 1. The van der Waals surface area contributed by atoms with Gasteiger partial charge in [0.2, 0.25) is 10.0 Å². The molecule has 1 amide bonds. The molecule has 8 nitrogen and oxygen atoms in total. The summed E-state index contributed by atoms with van der Waals surface area (Å²) in [6.07, 6.45) is 0. The number of carbonyl (C=O) groups excluding carboxylic acids is 1. The van der Waals surface area contributed by atoms with Gasteiger partial charge in [0.25, 0.3) is 5.91 Å². The maximum atomic E-state index is 11.5. The van der Waals surface area contributed by atoms with Crippen molar-refractivity contribution in [3.05, 3.63) is 5.69 Å². The van der Waals surface area contributed by atoms with Gasteiger partial charge in [-0.3, -0.25) is 10.1 Å². The fourth-order valence-corrected chi connectivity index (χ4v) is 3.04. The van der Waals surface area contributed by atoms with Crippen LogP contribution in [0.4, 0.5) is 5.13 Å². The molecular formula is C9H15N3O5S2.